The van der Waals surface area contributed by atoms with Gasteiger partial charge in [-0.2, -0.15) is 0 Å². The zero-order valence-electron chi connectivity index (χ0n) is 10.5. The van der Waals surface area contributed by atoms with Crippen LogP contribution < -0.4 is 3.12 Å². The Morgan fingerprint density at radius 2 is 1.18 bits per heavy atom. The molecule has 0 aromatic heterocycles. The van der Waals surface area contributed by atoms with Gasteiger partial charge in [-0.05, 0) is 0 Å². The molecule has 0 aliphatic heterocycles. The summed E-state index contributed by atoms with van der Waals surface area (Å²) in [6.07, 6.45) is 0. The third-order valence-electron chi connectivity index (χ3n) is 3.07. The van der Waals surface area contributed by atoms with Crippen molar-refractivity contribution in [2.45, 2.75) is 27.7 Å². The summed E-state index contributed by atoms with van der Waals surface area (Å²) in [5.74, 6) is 0. The molecule has 0 fully saturated rings. The number of hydrogen-bond acceptors (Lipinski definition) is 3. The Morgan fingerprint density at radius 1 is 0.824 bits per heavy atom. The van der Waals surface area contributed by atoms with Gasteiger partial charge in [-0.1, -0.05) is 0 Å². The van der Waals surface area contributed by atoms with Crippen LogP contribution in [0.3, 0.4) is 0 Å². The molecule has 3 nitrogen and oxygen atoms in total. The molecule has 0 amide bonds. The van der Waals surface area contributed by atoms with Gasteiger partial charge in [0.1, 0.15) is 0 Å². The summed E-state index contributed by atoms with van der Waals surface area (Å²) in [4.78, 5) is 35.7. The van der Waals surface area contributed by atoms with Crippen molar-refractivity contribution in [2.24, 2.45) is 0 Å². The van der Waals surface area contributed by atoms with E-state index >= 15 is 0 Å². The first-order chi connectivity index (χ1) is 7.83. The monoisotopic (exact) mass is 428 g/mol. The number of rotatable bonds is 4. The SMILES string of the molecule is C[C](=O)[Pb]([C](C)=O)([C](C)=O)[c]1ccc(C)cc1. The minimum atomic E-state index is -4.37. The summed E-state index contributed by atoms with van der Waals surface area (Å²) in [5.41, 5.74) is 1.05. The van der Waals surface area contributed by atoms with Crippen LogP contribution in [-0.2, 0) is 14.4 Å². The summed E-state index contributed by atoms with van der Waals surface area (Å²) in [5, 5.41) is 0. The van der Waals surface area contributed by atoms with E-state index in [4.69, 9.17) is 0 Å². The van der Waals surface area contributed by atoms with Gasteiger partial charge in [0.25, 0.3) is 0 Å². The normalized spacial score (nSPS) is 11.1. The molecule has 0 bridgehead atoms. The Morgan fingerprint density at radius 3 is 1.47 bits per heavy atom. The maximum atomic E-state index is 11.9. The topological polar surface area (TPSA) is 51.2 Å². The summed E-state index contributed by atoms with van der Waals surface area (Å²) < 4.78 is 0.0552. The Balaban J connectivity index is 3.53. The van der Waals surface area contributed by atoms with Crippen LogP contribution in [0, 0.1) is 6.92 Å². The first-order valence-corrected chi connectivity index (χ1v) is 13.2. The molecule has 17 heavy (non-hydrogen) atoms. The van der Waals surface area contributed by atoms with E-state index in [0.29, 0.717) is 3.12 Å². The quantitative estimate of drug-likeness (QED) is 0.675. The van der Waals surface area contributed by atoms with Crippen LogP contribution in [-0.4, -0.2) is 31.2 Å². The molecule has 4 heteroatoms. The number of carbonyl (C=O) groups is 3. The van der Waals surface area contributed by atoms with Crippen molar-refractivity contribution in [3.05, 3.63) is 29.8 Å². The molecule has 0 aliphatic rings. The Labute approximate surface area is 106 Å². The number of benzene rings is 1. The molecule has 1 rings (SSSR count). The molecule has 0 radical (unpaired) electrons. The zero-order valence-corrected chi connectivity index (χ0v) is 14.4. The Kier molecular flexibility index (Phi) is 4.35. The van der Waals surface area contributed by atoms with Crippen LogP contribution in [0.4, 0.5) is 0 Å². The molecule has 0 N–H and O–H groups in total. The van der Waals surface area contributed by atoms with Gasteiger partial charge in [0.05, 0.1) is 0 Å². The van der Waals surface area contributed by atoms with E-state index in [0.717, 1.165) is 5.56 Å². The van der Waals surface area contributed by atoms with E-state index in [2.05, 4.69) is 0 Å². The van der Waals surface area contributed by atoms with Gasteiger partial charge in [0, 0.05) is 0 Å². The average molecular weight is 427 g/mol. The van der Waals surface area contributed by atoms with E-state index in [1.54, 1.807) is 12.1 Å². The van der Waals surface area contributed by atoms with E-state index in [-0.39, 0.29) is 10.0 Å². The molecule has 0 saturated carbocycles. The van der Waals surface area contributed by atoms with Crippen LogP contribution in [0.2, 0.25) is 0 Å². The van der Waals surface area contributed by atoms with Crippen LogP contribution in [0.25, 0.3) is 0 Å². The number of aryl methyl sites for hydroxylation is 1. The fraction of sp³-hybridized carbons (Fsp3) is 0.308. The molecular formula is C13H16O3Pb. The molecule has 0 heterocycles. The van der Waals surface area contributed by atoms with Crippen LogP contribution >= 0.6 is 0 Å². The number of carbonyl (C=O) groups excluding carboxylic acids is 3. The zero-order chi connectivity index (χ0) is 13.2. The number of hydrogen-bond donors (Lipinski definition) is 0. The standard InChI is InChI=1S/C7H7.3C2H3O.Pb/c1-7-5-3-2-4-6-7;3*1-2-3;/h3-6H,1H3;3*1H3;. The molecule has 0 saturated heterocycles. The van der Waals surface area contributed by atoms with E-state index < -0.39 is 21.2 Å². The second kappa shape index (κ2) is 5.20. The fourth-order valence-corrected chi connectivity index (χ4v) is 15.3. The van der Waals surface area contributed by atoms with Gasteiger partial charge in [-0.3, -0.25) is 0 Å². The van der Waals surface area contributed by atoms with Gasteiger partial charge < -0.3 is 0 Å². The van der Waals surface area contributed by atoms with E-state index in [9.17, 15) is 14.4 Å². The predicted molar refractivity (Wildman–Crippen MR) is 68.6 cm³/mol. The first-order valence-electron chi connectivity index (χ1n) is 5.43. The second-order valence-electron chi connectivity index (χ2n) is 4.28. The van der Waals surface area contributed by atoms with Crippen molar-refractivity contribution in [1.82, 2.24) is 0 Å². The molecule has 90 valence electrons. The fourth-order valence-electron chi connectivity index (χ4n) is 2.16. The van der Waals surface area contributed by atoms with Crippen molar-refractivity contribution in [3.63, 3.8) is 0 Å². The van der Waals surface area contributed by atoms with Crippen molar-refractivity contribution in [3.8, 4) is 0 Å². The van der Waals surface area contributed by atoms with Crippen LogP contribution in [0.5, 0.6) is 0 Å². The summed E-state index contributed by atoms with van der Waals surface area (Å²) in [7, 11) is 0. The van der Waals surface area contributed by atoms with Crippen LogP contribution in [0.1, 0.15) is 26.3 Å². The molecule has 1 aromatic carbocycles. The van der Waals surface area contributed by atoms with Gasteiger partial charge in [-0.15, -0.1) is 0 Å². The van der Waals surface area contributed by atoms with Gasteiger partial charge in [-0.25, -0.2) is 0 Å². The third kappa shape index (κ3) is 2.38. The average Bonchev–Trinajstić information content (AvgIpc) is 2.20. The predicted octanol–water partition coefficient (Wildman–Crippen LogP) is 1.04. The molecule has 0 atom stereocenters. The molecular weight excluding hydrogens is 411 g/mol. The van der Waals surface area contributed by atoms with Gasteiger partial charge >= 0.3 is 106 Å². The Hall–Kier alpha value is -0.848. The first kappa shape index (κ1) is 14.2. The summed E-state index contributed by atoms with van der Waals surface area (Å²) >= 11 is -4.37. The molecule has 0 unspecified atom stereocenters. The summed E-state index contributed by atoms with van der Waals surface area (Å²) in [6.45, 7) is 6.07. The van der Waals surface area contributed by atoms with Crippen molar-refractivity contribution in [1.29, 1.82) is 0 Å². The third-order valence-corrected chi connectivity index (χ3v) is 20.0. The van der Waals surface area contributed by atoms with Crippen LogP contribution in [0.15, 0.2) is 24.3 Å². The van der Waals surface area contributed by atoms with E-state index in [1.165, 1.54) is 20.8 Å². The molecule has 0 spiro atoms. The van der Waals surface area contributed by atoms with E-state index in [1.807, 2.05) is 19.1 Å². The molecule has 1 aromatic rings. The van der Waals surface area contributed by atoms with Crippen molar-refractivity contribution < 1.29 is 14.4 Å². The van der Waals surface area contributed by atoms with Crippen molar-refractivity contribution >= 4 is 34.3 Å². The summed E-state index contributed by atoms with van der Waals surface area (Å²) in [6, 6.07) is 7.22. The molecule has 0 aliphatic carbocycles. The van der Waals surface area contributed by atoms with Crippen molar-refractivity contribution in [2.75, 3.05) is 0 Å². The Bertz CT molecular complexity index is 438. The minimum absolute atomic E-state index is 0.207. The maximum absolute atomic E-state index is 11.9. The van der Waals surface area contributed by atoms with Gasteiger partial charge in [0.15, 0.2) is 0 Å². The van der Waals surface area contributed by atoms with Gasteiger partial charge in [0.2, 0.25) is 0 Å². The second-order valence-corrected chi connectivity index (χ2v) is 20.6.